The average Bonchev–Trinajstić information content (AvgIpc) is 3.29. The molecule has 0 atom stereocenters. The molecule has 136 valence electrons. The standard InChI is InChI=1S/C16H19N7O2S/c1-4-23-13(18-21-22-23)9-25-12-7-5-11(6-8-12)14(24)17-16-20-19-15(26-16)10(2)3/h5-8,10H,4,9H2,1-3H3,(H,17,20,24). The number of carbonyl (C=O) groups excluding carboxylic acids is 1. The van der Waals surface area contributed by atoms with Gasteiger partial charge in [-0.3, -0.25) is 10.1 Å². The van der Waals surface area contributed by atoms with Gasteiger partial charge in [-0.1, -0.05) is 25.2 Å². The molecule has 3 rings (SSSR count). The van der Waals surface area contributed by atoms with Gasteiger partial charge in [-0.05, 0) is 41.6 Å². The van der Waals surface area contributed by atoms with Crippen LogP contribution in [-0.4, -0.2) is 36.3 Å². The van der Waals surface area contributed by atoms with Crippen molar-refractivity contribution < 1.29 is 9.53 Å². The van der Waals surface area contributed by atoms with Crippen LogP contribution in [0.15, 0.2) is 24.3 Å². The highest BCUT2D eigenvalue weighted by Crippen LogP contribution is 2.23. The van der Waals surface area contributed by atoms with Gasteiger partial charge < -0.3 is 4.74 Å². The number of nitrogens with one attached hydrogen (secondary N) is 1. The highest BCUT2D eigenvalue weighted by molar-refractivity contribution is 7.15. The van der Waals surface area contributed by atoms with Crippen molar-refractivity contribution in [2.24, 2.45) is 0 Å². The number of hydrogen-bond donors (Lipinski definition) is 1. The summed E-state index contributed by atoms with van der Waals surface area (Å²) in [4.78, 5) is 12.3. The van der Waals surface area contributed by atoms with Crippen molar-refractivity contribution in [2.75, 3.05) is 5.32 Å². The highest BCUT2D eigenvalue weighted by atomic mass is 32.1. The topological polar surface area (TPSA) is 108 Å². The van der Waals surface area contributed by atoms with Crippen molar-refractivity contribution in [3.8, 4) is 5.75 Å². The van der Waals surface area contributed by atoms with Gasteiger partial charge in [0.2, 0.25) is 5.13 Å². The Morgan fingerprint density at radius 2 is 2.00 bits per heavy atom. The SMILES string of the molecule is CCn1nnnc1COc1ccc(C(=O)Nc2nnc(C(C)C)s2)cc1. The molecule has 0 aliphatic carbocycles. The predicted molar refractivity (Wildman–Crippen MR) is 96.2 cm³/mol. The number of hydrogen-bond acceptors (Lipinski definition) is 8. The fourth-order valence-corrected chi connectivity index (χ4v) is 2.85. The Labute approximate surface area is 154 Å². The van der Waals surface area contributed by atoms with E-state index >= 15 is 0 Å². The molecule has 10 heteroatoms. The maximum Gasteiger partial charge on any atom is 0.257 e. The predicted octanol–water partition coefficient (Wildman–Crippen LogP) is 2.50. The van der Waals surface area contributed by atoms with Gasteiger partial charge in [0.25, 0.3) is 5.91 Å². The molecule has 1 amide bonds. The number of aromatic nitrogens is 6. The molecular formula is C16H19N7O2S. The summed E-state index contributed by atoms with van der Waals surface area (Å²) in [7, 11) is 0. The van der Waals surface area contributed by atoms with Crippen LogP contribution in [0.3, 0.4) is 0 Å². The van der Waals surface area contributed by atoms with Crippen LogP contribution < -0.4 is 10.1 Å². The monoisotopic (exact) mass is 373 g/mol. The summed E-state index contributed by atoms with van der Waals surface area (Å²) in [6, 6.07) is 6.85. The van der Waals surface area contributed by atoms with E-state index in [1.165, 1.54) is 11.3 Å². The summed E-state index contributed by atoms with van der Waals surface area (Å²) in [6.07, 6.45) is 0. The normalized spacial score (nSPS) is 10.9. The van der Waals surface area contributed by atoms with Gasteiger partial charge in [0.05, 0.1) is 0 Å². The zero-order valence-corrected chi connectivity index (χ0v) is 15.5. The molecule has 2 heterocycles. The van der Waals surface area contributed by atoms with E-state index in [4.69, 9.17) is 4.74 Å². The van der Waals surface area contributed by atoms with Crippen molar-refractivity contribution in [2.45, 2.75) is 39.8 Å². The molecule has 26 heavy (non-hydrogen) atoms. The quantitative estimate of drug-likeness (QED) is 0.678. The fraction of sp³-hybridized carbons (Fsp3) is 0.375. The third kappa shape index (κ3) is 4.20. The second-order valence-corrected chi connectivity index (χ2v) is 6.79. The number of nitrogens with zero attached hydrogens (tertiary/aromatic N) is 6. The summed E-state index contributed by atoms with van der Waals surface area (Å²) in [5.74, 6) is 1.32. The molecule has 0 fully saturated rings. The lowest BCUT2D eigenvalue weighted by Gasteiger charge is -2.07. The second kappa shape index (κ2) is 8.00. The molecule has 0 saturated heterocycles. The van der Waals surface area contributed by atoms with Gasteiger partial charge >= 0.3 is 0 Å². The van der Waals surface area contributed by atoms with Crippen LogP contribution in [-0.2, 0) is 13.2 Å². The summed E-state index contributed by atoms with van der Waals surface area (Å²) in [5, 5.41) is 23.6. The zero-order valence-electron chi connectivity index (χ0n) is 14.7. The van der Waals surface area contributed by atoms with Crippen molar-refractivity contribution in [1.82, 2.24) is 30.4 Å². The first-order valence-electron chi connectivity index (χ1n) is 8.19. The maximum absolute atomic E-state index is 12.3. The van der Waals surface area contributed by atoms with Crippen LogP contribution in [0.25, 0.3) is 0 Å². The van der Waals surface area contributed by atoms with Crippen LogP contribution in [0.1, 0.15) is 47.9 Å². The van der Waals surface area contributed by atoms with Crippen LogP contribution in [0, 0.1) is 0 Å². The Morgan fingerprint density at radius 3 is 2.65 bits per heavy atom. The number of carbonyl (C=O) groups is 1. The largest absolute Gasteiger partial charge is 0.486 e. The highest BCUT2D eigenvalue weighted by Gasteiger charge is 2.12. The molecule has 2 aromatic heterocycles. The van der Waals surface area contributed by atoms with Gasteiger partial charge in [-0.15, -0.1) is 15.3 Å². The van der Waals surface area contributed by atoms with E-state index in [0.717, 1.165) is 5.01 Å². The van der Waals surface area contributed by atoms with E-state index in [2.05, 4.69) is 31.0 Å². The molecular weight excluding hydrogens is 354 g/mol. The van der Waals surface area contributed by atoms with Gasteiger partial charge in [0, 0.05) is 18.0 Å². The molecule has 3 aromatic rings. The molecule has 0 spiro atoms. The zero-order chi connectivity index (χ0) is 18.5. The van der Waals surface area contributed by atoms with Gasteiger partial charge in [-0.2, -0.15) is 0 Å². The van der Waals surface area contributed by atoms with Crippen LogP contribution in [0.5, 0.6) is 5.75 Å². The molecule has 9 nitrogen and oxygen atoms in total. The van der Waals surface area contributed by atoms with E-state index in [0.29, 0.717) is 28.8 Å². The molecule has 1 N–H and O–H groups in total. The van der Waals surface area contributed by atoms with Crippen LogP contribution in [0.2, 0.25) is 0 Å². The van der Waals surface area contributed by atoms with E-state index in [1.54, 1.807) is 28.9 Å². The van der Waals surface area contributed by atoms with E-state index in [9.17, 15) is 4.79 Å². The Bertz CT molecular complexity index is 873. The lowest BCUT2D eigenvalue weighted by molar-refractivity contribution is 0.102. The molecule has 0 bridgehead atoms. The molecule has 0 saturated carbocycles. The second-order valence-electron chi connectivity index (χ2n) is 5.78. The first kappa shape index (κ1) is 17.9. The van der Waals surface area contributed by atoms with Gasteiger partial charge in [0.1, 0.15) is 17.4 Å². The number of benzene rings is 1. The number of amides is 1. The van der Waals surface area contributed by atoms with Crippen molar-refractivity contribution in [3.05, 3.63) is 40.7 Å². The lowest BCUT2D eigenvalue weighted by atomic mass is 10.2. The third-order valence-corrected chi connectivity index (χ3v) is 4.68. The summed E-state index contributed by atoms with van der Waals surface area (Å²) in [6.45, 7) is 6.95. The minimum atomic E-state index is -0.238. The Morgan fingerprint density at radius 1 is 1.23 bits per heavy atom. The molecule has 1 aromatic carbocycles. The van der Waals surface area contributed by atoms with Crippen molar-refractivity contribution >= 4 is 22.4 Å². The third-order valence-electron chi connectivity index (χ3n) is 3.55. The smallest absolute Gasteiger partial charge is 0.257 e. The van der Waals surface area contributed by atoms with Crippen LogP contribution in [0.4, 0.5) is 5.13 Å². The van der Waals surface area contributed by atoms with Crippen molar-refractivity contribution in [3.63, 3.8) is 0 Å². The first-order chi connectivity index (χ1) is 12.6. The number of rotatable bonds is 7. The molecule has 0 radical (unpaired) electrons. The minimum Gasteiger partial charge on any atom is -0.486 e. The van der Waals surface area contributed by atoms with Gasteiger partial charge in [-0.25, -0.2) is 4.68 Å². The summed E-state index contributed by atoms with van der Waals surface area (Å²) < 4.78 is 7.32. The minimum absolute atomic E-state index is 0.238. The summed E-state index contributed by atoms with van der Waals surface area (Å²) in [5.41, 5.74) is 0.511. The number of ether oxygens (including phenoxy) is 1. The first-order valence-corrected chi connectivity index (χ1v) is 9.01. The number of tetrazole rings is 1. The van der Waals surface area contributed by atoms with Crippen molar-refractivity contribution in [1.29, 1.82) is 0 Å². The average molecular weight is 373 g/mol. The fourth-order valence-electron chi connectivity index (χ4n) is 2.11. The van der Waals surface area contributed by atoms with Crippen LogP contribution >= 0.6 is 11.3 Å². The summed E-state index contributed by atoms with van der Waals surface area (Å²) >= 11 is 1.38. The van der Waals surface area contributed by atoms with E-state index in [-0.39, 0.29) is 18.4 Å². The maximum atomic E-state index is 12.3. The molecule has 0 unspecified atom stereocenters. The Kier molecular flexibility index (Phi) is 5.52. The number of aryl methyl sites for hydroxylation is 1. The Hall–Kier alpha value is -2.88. The van der Waals surface area contributed by atoms with E-state index in [1.807, 2.05) is 20.8 Å². The van der Waals surface area contributed by atoms with Gasteiger partial charge in [0.15, 0.2) is 5.82 Å². The Balaban J connectivity index is 1.58. The molecule has 0 aliphatic rings. The van der Waals surface area contributed by atoms with E-state index < -0.39 is 0 Å². The number of anilines is 1. The molecule has 0 aliphatic heterocycles. The lowest BCUT2D eigenvalue weighted by Crippen LogP contribution is -2.11.